The predicted molar refractivity (Wildman–Crippen MR) is 67.6 cm³/mol. The van der Waals surface area contributed by atoms with Crippen LogP contribution in [-0.2, 0) is 4.79 Å². The summed E-state index contributed by atoms with van der Waals surface area (Å²) < 4.78 is 0. The number of likely N-dealkylation sites (N-methyl/N-ethyl adjacent to an activating group) is 1. The molecule has 0 saturated heterocycles. The van der Waals surface area contributed by atoms with Gasteiger partial charge in [0, 0.05) is 7.05 Å². The van der Waals surface area contributed by atoms with E-state index in [0.717, 1.165) is 5.69 Å². The summed E-state index contributed by atoms with van der Waals surface area (Å²) in [7, 11) is 1.83. The molecule has 2 rings (SSSR count). The summed E-state index contributed by atoms with van der Waals surface area (Å²) in [6.45, 7) is 5.83. The molecule has 0 unspecified atom stereocenters. The van der Waals surface area contributed by atoms with Gasteiger partial charge < -0.3 is 10.2 Å². The maximum absolute atomic E-state index is 11.8. The molecule has 1 aromatic heterocycles. The second kappa shape index (κ2) is 4.14. The number of rotatable bonds is 1. The molecule has 1 amide bonds. The predicted octanol–water partition coefficient (Wildman–Crippen LogP) is 2.03. The minimum Gasteiger partial charge on any atom is -0.346 e. The average molecular weight is 255 g/mol. The molecule has 17 heavy (non-hydrogen) atoms. The zero-order valence-corrected chi connectivity index (χ0v) is 11.0. The van der Waals surface area contributed by atoms with Crippen molar-refractivity contribution >= 4 is 29.0 Å². The summed E-state index contributed by atoms with van der Waals surface area (Å²) in [6, 6.07) is -0.256. The summed E-state index contributed by atoms with van der Waals surface area (Å²) >= 11 is 5.91. The zero-order valence-electron chi connectivity index (χ0n) is 10.3. The second-order valence-corrected chi connectivity index (χ2v) is 4.85. The molecule has 5 nitrogen and oxygen atoms in total. The Morgan fingerprint density at radius 1 is 1.41 bits per heavy atom. The highest BCUT2D eigenvalue weighted by molar-refractivity contribution is 6.28. The van der Waals surface area contributed by atoms with Gasteiger partial charge in [0.05, 0.1) is 5.69 Å². The number of nitrogens with zero attached hydrogens (tertiary/aromatic N) is 3. The Bertz CT molecular complexity index is 475. The van der Waals surface area contributed by atoms with Crippen LogP contribution in [0.15, 0.2) is 0 Å². The SMILES string of the molecule is CC(C)c1nc(Cl)nc2c1NC(=O)[C@H](C)N2C. The summed E-state index contributed by atoms with van der Waals surface area (Å²) in [5.74, 6) is 0.806. The molecule has 1 N–H and O–H groups in total. The van der Waals surface area contributed by atoms with Gasteiger partial charge in [-0.25, -0.2) is 4.98 Å². The molecule has 1 aliphatic rings. The molecule has 0 spiro atoms. The van der Waals surface area contributed by atoms with Gasteiger partial charge in [0.15, 0.2) is 5.82 Å². The van der Waals surface area contributed by atoms with E-state index in [2.05, 4.69) is 15.3 Å². The van der Waals surface area contributed by atoms with Gasteiger partial charge in [0.2, 0.25) is 11.2 Å². The van der Waals surface area contributed by atoms with Crippen LogP contribution in [0.3, 0.4) is 0 Å². The Hall–Kier alpha value is -1.36. The lowest BCUT2D eigenvalue weighted by atomic mass is 10.1. The molecular weight excluding hydrogens is 240 g/mol. The third kappa shape index (κ3) is 1.95. The first kappa shape index (κ1) is 12.1. The fourth-order valence-electron chi connectivity index (χ4n) is 1.82. The van der Waals surface area contributed by atoms with Crippen LogP contribution in [0.2, 0.25) is 5.28 Å². The monoisotopic (exact) mass is 254 g/mol. The van der Waals surface area contributed by atoms with Gasteiger partial charge in [-0.15, -0.1) is 0 Å². The number of carbonyl (C=O) groups is 1. The topological polar surface area (TPSA) is 58.1 Å². The van der Waals surface area contributed by atoms with E-state index in [1.807, 2.05) is 32.7 Å². The minimum absolute atomic E-state index is 0.0483. The quantitative estimate of drug-likeness (QED) is 0.779. The van der Waals surface area contributed by atoms with Crippen LogP contribution in [0, 0.1) is 0 Å². The van der Waals surface area contributed by atoms with Gasteiger partial charge >= 0.3 is 0 Å². The Labute approximate surface area is 105 Å². The molecule has 1 aliphatic heterocycles. The first-order valence-electron chi connectivity index (χ1n) is 5.53. The van der Waals surface area contributed by atoms with E-state index in [-0.39, 0.29) is 23.2 Å². The summed E-state index contributed by atoms with van der Waals surface area (Å²) in [5, 5.41) is 3.06. The van der Waals surface area contributed by atoms with Crippen molar-refractivity contribution in [2.24, 2.45) is 0 Å². The van der Waals surface area contributed by atoms with E-state index in [4.69, 9.17) is 11.6 Å². The molecule has 0 aromatic carbocycles. The van der Waals surface area contributed by atoms with E-state index < -0.39 is 0 Å². The van der Waals surface area contributed by atoms with Crippen molar-refractivity contribution < 1.29 is 4.79 Å². The number of amides is 1. The van der Waals surface area contributed by atoms with Gasteiger partial charge in [-0.1, -0.05) is 13.8 Å². The number of aromatic nitrogens is 2. The van der Waals surface area contributed by atoms with Crippen molar-refractivity contribution in [2.75, 3.05) is 17.3 Å². The zero-order chi connectivity index (χ0) is 12.7. The highest BCUT2D eigenvalue weighted by atomic mass is 35.5. The lowest BCUT2D eigenvalue weighted by Gasteiger charge is -2.33. The van der Waals surface area contributed by atoms with Crippen LogP contribution in [0.25, 0.3) is 0 Å². The fraction of sp³-hybridized carbons (Fsp3) is 0.545. The molecule has 6 heteroatoms. The number of fused-ring (bicyclic) bond motifs is 1. The lowest BCUT2D eigenvalue weighted by molar-refractivity contribution is -0.117. The third-order valence-corrected chi connectivity index (χ3v) is 3.15. The Balaban J connectivity index is 2.62. The molecule has 0 fully saturated rings. The maximum Gasteiger partial charge on any atom is 0.246 e. The standard InChI is InChI=1S/C11H15ClN4O/c1-5(2)7-8-9(15-11(12)14-7)16(4)6(3)10(17)13-8/h5-6H,1-4H3,(H,13,17)/t6-/m0/s1. The second-order valence-electron chi connectivity index (χ2n) is 4.51. The Kier molecular flexibility index (Phi) is 2.95. The summed E-state index contributed by atoms with van der Waals surface area (Å²) in [4.78, 5) is 22.0. The molecule has 1 aromatic rings. The fourth-order valence-corrected chi connectivity index (χ4v) is 1.99. The number of hydrogen-bond acceptors (Lipinski definition) is 4. The normalized spacial score (nSPS) is 19.3. The molecular formula is C11H15ClN4O. The van der Waals surface area contributed by atoms with Crippen LogP contribution >= 0.6 is 11.6 Å². The largest absolute Gasteiger partial charge is 0.346 e. The van der Waals surface area contributed by atoms with E-state index in [1.165, 1.54) is 0 Å². The van der Waals surface area contributed by atoms with Gasteiger partial charge in [0.25, 0.3) is 0 Å². The average Bonchev–Trinajstić information content (AvgIpc) is 2.26. The van der Waals surface area contributed by atoms with Gasteiger partial charge in [0.1, 0.15) is 11.7 Å². The molecule has 0 saturated carbocycles. The van der Waals surface area contributed by atoms with Crippen LogP contribution in [0.1, 0.15) is 32.4 Å². The smallest absolute Gasteiger partial charge is 0.246 e. The maximum atomic E-state index is 11.8. The highest BCUT2D eigenvalue weighted by Crippen LogP contribution is 2.35. The van der Waals surface area contributed by atoms with Crippen molar-refractivity contribution in [2.45, 2.75) is 32.7 Å². The van der Waals surface area contributed by atoms with Crippen molar-refractivity contribution in [1.29, 1.82) is 0 Å². The van der Waals surface area contributed by atoms with Crippen molar-refractivity contribution in [3.05, 3.63) is 11.0 Å². The Morgan fingerprint density at radius 3 is 2.65 bits per heavy atom. The third-order valence-electron chi connectivity index (χ3n) is 2.98. The number of anilines is 2. The molecule has 0 aliphatic carbocycles. The van der Waals surface area contributed by atoms with Gasteiger partial charge in [-0.2, -0.15) is 4.98 Å². The van der Waals surface area contributed by atoms with E-state index in [9.17, 15) is 4.79 Å². The van der Waals surface area contributed by atoms with E-state index >= 15 is 0 Å². The number of carbonyl (C=O) groups excluding carboxylic acids is 1. The molecule has 2 heterocycles. The van der Waals surface area contributed by atoms with Crippen LogP contribution in [0.4, 0.5) is 11.5 Å². The highest BCUT2D eigenvalue weighted by Gasteiger charge is 2.31. The van der Waals surface area contributed by atoms with Crippen LogP contribution in [0.5, 0.6) is 0 Å². The number of nitrogens with one attached hydrogen (secondary N) is 1. The summed E-state index contributed by atoms with van der Waals surface area (Å²) in [5.41, 5.74) is 1.45. The molecule has 1 atom stereocenters. The lowest BCUT2D eigenvalue weighted by Crippen LogP contribution is -2.45. The van der Waals surface area contributed by atoms with E-state index in [1.54, 1.807) is 0 Å². The van der Waals surface area contributed by atoms with Gasteiger partial charge in [-0.3, -0.25) is 4.79 Å². The minimum atomic E-state index is -0.256. The molecule has 92 valence electrons. The summed E-state index contributed by atoms with van der Waals surface area (Å²) in [6.07, 6.45) is 0. The molecule has 0 bridgehead atoms. The molecule has 0 radical (unpaired) electrons. The first-order valence-corrected chi connectivity index (χ1v) is 5.90. The van der Waals surface area contributed by atoms with E-state index in [0.29, 0.717) is 11.5 Å². The number of hydrogen-bond donors (Lipinski definition) is 1. The Morgan fingerprint density at radius 2 is 2.06 bits per heavy atom. The van der Waals surface area contributed by atoms with Crippen LogP contribution in [-0.4, -0.2) is 29.0 Å². The van der Waals surface area contributed by atoms with Crippen LogP contribution < -0.4 is 10.2 Å². The van der Waals surface area contributed by atoms with Crippen molar-refractivity contribution in [3.8, 4) is 0 Å². The number of halogens is 1. The van der Waals surface area contributed by atoms with Crippen molar-refractivity contribution in [3.63, 3.8) is 0 Å². The van der Waals surface area contributed by atoms with Gasteiger partial charge in [-0.05, 0) is 24.4 Å². The van der Waals surface area contributed by atoms with Crippen molar-refractivity contribution in [1.82, 2.24) is 9.97 Å². The first-order chi connectivity index (χ1) is 7.91.